The molecule has 2 saturated heterocycles. The molecule has 3 amide bonds. The fraction of sp³-hybridized carbons (Fsp3) is 0.571. The molecule has 7 nitrogen and oxygen atoms in total. The first-order valence-corrected chi connectivity index (χ1v) is 9.89. The second-order valence-corrected chi connectivity index (χ2v) is 8.52. The number of carbonyl (C=O) groups is 3. The van der Waals surface area contributed by atoms with Crippen molar-refractivity contribution in [3.05, 3.63) is 29.8 Å². The molecule has 1 unspecified atom stereocenters. The second-order valence-electron chi connectivity index (χ2n) is 8.52. The normalized spacial score (nSPS) is 21.2. The van der Waals surface area contributed by atoms with Gasteiger partial charge in [-0.2, -0.15) is 0 Å². The lowest BCUT2D eigenvalue weighted by molar-refractivity contribution is -0.133. The standard InChI is InChI=1S/C21H29N3O4/c1-21(2,3)28-20(27)24-11-9-14(10-12-24)15-5-4-6-16(13-15)22-17-7-8-18(25)23-19(17)26/h4-6,13-14,17,22H,7-12H2,1-3H3,(H,23,25,26). The van der Waals surface area contributed by atoms with Gasteiger partial charge in [-0.1, -0.05) is 12.1 Å². The first-order chi connectivity index (χ1) is 13.2. The third-order valence-electron chi connectivity index (χ3n) is 5.08. The minimum Gasteiger partial charge on any atom is -0.444 e. The van der Waals surface area contributed by atoms with Gasteiger partial charge in [-0.3, -0.25) is 14.9 Å². The number of carbonyl (C=O) groups excluding carboxylic acids is 3. The molecule has 1 aromatic rings. The summed E-state index contributed by atoms with van der Waals surface area (Å²) < 4.78 is 5.45. The molecule has 2 aliphatic heterocycles. The first-order valence-electron chi connectivity index (χ1n) is 9.89. The smallest absolute Gasteiger partial charge is 0.410 e. The summed E-state index contributed by atoms with van der Waals surface area (Å²) >= 11 is 0. The maximum atomic E-state index is 12.2. The van der Waals surface area contributed by atoms with Crippen LogP contribution in [-0.2, 0) is 14.3 Å². The number of rotatable bonds is 3. The van der Waals surface area contributed by atoms with E-state index in [1.165, 1.54) is 5.56 Å². The average molecular weight is 387 g/mol. The molecule has 0 bridgehead atoms. The van der Waals surface area contributed by atoms with Crippen molar-refractivity contribution in [1.29, 1.82) is 0 Å². The molecule has 0 saturated carbocycles. The van der Waals surface area contributed by atoms with Gasteiger partial charge >= 0.3 is 6.09 Å². The summed E-state index contributed by atoms with van der Waals surface area (Å²) in [5.41, 5.74) is 1.59. The van der Waals surface area contributed by atoms with Gasteiger partial charge < -0.3 is 15.0 Å². The predicted octanol–water partition coefficient (Wildman–Crippen LogP) is 3.02. The zero-order valence-electron chi connectivity index (χ0n) is 16.8. The Morgan fingerprint density at radius 1 is 1.18 bits per heavy atom. The highest BCUT2D eigenvalue weighted by molar-refractivity contribution is 6.01. The maximum Gasteiger partial charge on any atom is 0.410 e. The predicted molar refractivity (Wildman–Crippen MR) is 106 cm³/mol. The van der Waals surface area contributed by atoms with E-state index in [-0.39, 0.29) is 23.9 Å². The van der Waals surface area contributed by atoms with Crippen molar-refractivity contribution in [3.8, 4) is 0 Å². The number of likely N-dealkylation sites (tertiary alicyclic amines) is 1. The van der Waals surface area contributed by atoms with Crippen LogP contribution in [0.1, 0.15) is 57.9 Å². The molecule has 152 valence electrons. The van der Waals surface area contributed by atoms with Gasteiger partial charge in [0, 0.05) is 25.2 Å². The van der Waals surface area contributed by atoms with Crippen LogP contribution in [0.2, 0.25) is 0 Å². The van der Waals surface area contributed by atoms with E-state index in [0.29, 0.717) is 31.8 Å². The van der Waals surface area contributed by atoms with Gasteiger partial charge in [0.2, 0.25) is 11.8 Å². The number of hydrogen-bond acceptors (Lipinski definition) is 5. The minimum absolute atomic E-state index is 0.214. The van der Waals surface area contributed by atoms with Gasteiger partial charge in [-0.15, -0.1) is 0 Å². The Balaban J connectivity index is 1.57. The lowest BCUT2D eigenvalue weighted by Gasteiger charge is -2.33. The number of amides is 3. The molecule has 3 rings (SSSR count). The van der Waals surface area contributed by atoms with Crippen LogP contribution in [0.25, 0.3) is 0 Å². The first kappa shape index (κ1) is 20.2. The third-order valence-corrected chi connectivity index (χ3v) is 5.08. The summed E-state index contributed by atoms with van der Waals surface area (Å²) in [5, 5.41) is 5.60. The zero-order chi connectivity index (χ0) is 20.3. The topological polar surface area (TPSA) is 87.7 Å². The average Bonchev–Trinajstić information content (AvgIpc) is 2.63. The fourth-order valence-electron chi connectivity index (χ4n) is 3.64. The molecule has 2 heterocycles. The van der Waals surface area contributed by atoms with E-state index in [2.05, 4.69) is 22.8 Å². The fourth-order valence-corrected chi connectivity index (χ4v) is 3.64. The summed E-state index contributed by atoms with van der Waals surface area (Å²) in [6, 6.07) is 7.68. The molecule has 7 heteroatoms. The van der Waals surface area contributed by atoms with Crippen molar-refractivity contribution in [3.63, 3.8) is 0 Å². The van der Waals surface area contributed by atoms with E-state index in [1.54, 1.807) is 4.90 Å². The monoisotopic (exact) mass is 387 g/mol. The maximum absolute atomic E-state index is 12.2. The number of nitrogens with one attached hydrogen (secondary N) is 2. The van der Waals surface area contributed by atoms with Crippen LogP contribution in [0.4, 0.5) is 10.5 Å². The van der Waals surface area contributed by atoms with Gasteiger partial charge in [-0.25, -0.2) is 4.79 Å². The molecule has 28 heavy (non-hydrogen) atoms. The highest BCUT2D eigenvalue weighted by atomic mass is 16.6. The van der Waals surface area contributed by atoms with Crippen molar-refractivity contribution in [2.75, 3.05) is 18.4 Å². The van der Waals surface area contributed by atoms with Crippen LogP contribution in [0.3, 0.4) is 0 Å². The molecule has 1 atom stereocenters. The van der Waals surface area contributed by atoms with E-state index in [1.807, 2.05) is 32.9 Å². The summed E-state index contributed by atoms with van der Waals surface area (Å²) in [4.78, 5) is 37.2. The van der Waals surface area contributed by atoms with Crippen molar-refractivity contribution in [2.45, 2.75) is 64.0 Å². The number of hydrogen-bond donors (Lipinski definition) is 2. The number of benzene rings is 1. The van der Waals surface area contributed by atoms with Crippen molar-refractivity contribution >= 4 is 23.6 Å². The van der Waals surface area contributed by atoms with Crippen LogP contribution in [0.5, 0.6) is 0 Å². The number of ether oxygens (including phenoxy) is 1. The van der Waals surface area contributed by atoms with Crippen molar-refractivity contribution in [1.82, 2.24) is 10.2 Å². The van der Waals surface area contributed by atoms with Crippen LogP contribution in [0.15, 0.2) is 24.3 Å². The zero-order valence-corrected chi connectivity index (χ0v) is 16.8. The minimum atomic E-state index is -0.482. The molecule has 1 aromatic carbocycles. The van der Waals surface area contributed by atoms with Crippen LogP contribution < -0.4 is 10.6 Å². The Labute approximate surface area is 165 Å². The number of piperidine rings is 2. The molecule has 0 aromatic heterocycles. The lowest BCUT2D eigenvalue weighted by Crippen LogP contribution is -2.47. The molecule has 2 fully saturated rings. The van der Waals surface area contributed by atoms with Gasteiger partial charge in [0.1, 0.15) is 11.6 Å². The number of imide groups is 1. The van der Waals surface area contributed by atoms with Gasteiger partial charge in [0.15, 0.2) is 0 Å². The third kappa shape index (κ3) is 5.24. The van der Waals surface area contributed by atoms with Crippen LogP contribution in [-0.4, -0.2) is 47.5 Å². The van der Waals surface area contributed by atoms with Crippen molar-refractivity contribution < 1.29 is 19.1 Å². The molecular weight excluding hydrogens is 358 g/mol. The SMILES string of the molecule is CC(C)(C)OC(=O)N1CCC(c2cccc(NC3CCC(=O)NC3=O)c2)CC1. The quantitative estimate of drug-likeness (QED) is 0.779. The molecule has 0 spiro atoms. The molecule has 2 aliphatic rings. The van der Waals surface area contributed by atoms with Crippen LogP contribution in [0, 0.1) is 0 Å². The Morgan fingerprint density at radius 2 is 1.89 bits per heavy atom. The number of anilines is 1. The van der Waals surface area contributed by atoms with Gasteiger partial charge in [-0.05, 0) is 63.6 Å². The van der Waals surface area contributed by atoms with Gasteiger partial charge in [0.25, 0.3) is 0 Å². The molecule has 0 radical (unpaired) electrons. The molecule has 0 aliphatic carbocycles. The molecular formula is C21H29N3O4. The Hall–Kier alpha value is -2.57. The Kier molecular flexibility index (Phi) is 5.91. The lowest BCUT2D eigenvalue weighted by atomic mass is 9.89. The number of nitrogens with zero attached hydrogens (tertiary/aromatic N) is 1. The van der Waals surface area contributed by atoms with Gasteiger partial charge in [0.05, 0.1) is 0 Å². The summed E-state index contributed by atoms with van der Waals surface area (Å²) in [6.45, 7) is 6.96. The van der Waals surface area contributed by atoms with Crippen molar-refractivity contribution in [2.24, 2.45) is 0 Å². The highest BCUT2D eigenvalue weighted by Crippen LogP contribution is 2.30. The summed E-state index contributed by atoms with van der Waals surface area (Å²) in [5.74, 6) is -0.122. The summed E-state index contributed by atoms with van der Waals surface area (Å²) in [7, 11) is 0. The van der Waals surface area contributed by atoms with E-state index in [9.17, 15) is 14.4 Å². The van der Waals surface area contributed by atoms with E-state index < -0.39 is 5.60 Å². The Morgan fingerprint density at radius 3 is 2.54 bits per heavy atom. The van der Waals surface area contributed by atoms with E-state index in [4.69, 9.17) is 4.74 Å². The van der Waals surface area contributed by atoms with E-state index >= 15 is 0 Å². The Bertz CT molecular complexity index is 748. The van der Waals surface area contributed by atoms with E-state index in [0.717, 1.165) is 18.5 Å². The summed E-state index contributed by atoms with van der Waals surface area (Å²) in [6.07, 6.45) is 2.36. The van der Waals surface area contributed by atoms with Crippen LogP contribution >= 0.6 is 0 Å². The highest BCUT2D eigenvalue weighted by Gasteiger charge is 2.28. The largest absolute Gasteiger partial charge is 0.444 e. The molecule has 2 N–H and O–H groups in total. The second kappa shape index (κ2) is 8.20.